The Labute approximate surface area is 143 Å². The van der Waals surface area contributed by atoms with Gasteiger partial charge in [-0.15, -0.1) is 0 Å². The molecule has 1 aromatic carbocycles. The molecular formula is C17H18BrNO4. The zero-order valence-corrected chi connectivity index (χ0v) is 14.8. The van der Waals surface area contributed by atoms with Gasteiger partial charge in [0.25, 0.3) is 5.91 Å². The fourth-order valence-corrected chi connectivity index (χ4v) is 2.33. The van der Waals surface area contributed by atoms with E-state index in [0.717, 1.165) is 5.56 Å². The third-order valence-corrected chi connectivity index (χ3v) is 3.94. The van der Waals surface area contributed by atoms with Gasteiger partial charge < -0.3 is 14.5 Å². The number of amides is 1. The number of carbonyl (C=O) groups excluding carboxylic acids is 2. The number of ether oxygens (including phenoxy) is 1. The molecule has 1 amide bonds. The number of esters is 1. The molecule has 5 nitrogen and oxygen atoms in total. The van der Waals surface area contributed by atoms with Crippen LogP contribution in [-0.4, -0.2) is 18.5 Å². The molecule has 0 aliphatic heterocycles. The van der Waals surface area contributed by atoms with Crippen molar-refractivity contribution in [1.82, 2.24) is 5.32 Å². The van der Waals surface area contributed by atoms with Crippen molar-refractivity contribution in [3.05, 3.63) is 57.5 Å². The van der Waals surface area contributed by atoms with Gasteiger partial charge in [-0.05, 0) is 65.5 Å². The highest BCUT2D eigenvalue weighted by Crippen LogP contribution is 2.17. The van der Waals surface area contributed by atoms with Crippen LogP contribution in [0.5, 0.6) is 0 Å². The molecule has 0 aliphatic rings. The Hall–Kier alpha value is -2.08. The van der Waals surface area contributed by atoms with Crippen molar-refractivity contribution in [1.29, 1.82) is 0 Å². The van der Waals surface area contributed by atoms with Crippen LogP contribution in [0.15, 0.2) is 39.4 Å². The Kier molecular flexibility index (Phi) is 5.60. The van der Waals surface area contributed by atoms with Gasteiger partial charge in [-0.3, -0.25) is 4.79 Å². The molecule has 0 spiro atoms. The number of furan rings is 1. The number of nitrogens with one attached hydrogen (secondary N) is 1. The summed E-state index contributed by atoms with van der Waals surface area (Å²) in [4.78, 5) is 23.6. The molecule has 0 bridgehead atoms. The van der Waals surface area contributed by atoms with Crippen molar-refractivity contribution in [2.24, 2.45) is 0 Å². The number of hydrogen-bond acceptors (Lipinski definition) is 4. The van der Waals surface area contributed by atoms with Crippen molar-refractivity contribution in [2.45, 2.75) is 26.8 Å². The van der Waals surface area contributed by atoms with Gasteiger partial charge in [0.05, 0.1) is 6.04 Å². The lowest BCUT2D eigenvalue weighted by Crippen LogP contribution is -2.31. The van der Waals surface area contributed by atoms with E-state index in [-0.39, 0.29) is 24.3 Å². The topological polar surface area (TPSA) is 68.5 Å². The Balaban J connectivity index is 1.86. The summed E-state index contributed by atoms with van der Waals surface area (Å²) in [6, 6.07) is 8.91. The van der Waals surface area contributed by atoms with Crippen LogP contribution in [0.25, 0.3) is 0 Å². The minimum atomic E-state index is -0.676. The van der Waals surface area contributed by atoms with Crippen LogP contribution < -0.4 is 5.32 Å². The second-order valence-corrected chi connectivity index (χ2v) is 6.09. The van der Waals surface area contributed by atoms with E-state index in [4.69, 9.17) is 9.15 Å². The fraction of sp³-hybridized carbons (Fsp3) is 0.294. The van der Waals surface area contributed by atoms with E-state index >= 15 is 0 Å². The monoisotopic (exact) mass is 379 g/mol. The Morgan fingerprint density at radius 1 is 1.22 bits per heavy atom. The molecule has 2 aromatic rings. The van der Waals surface area contributed by atoms with Crippen molar-refractivity contribution in [2.75, 3.05) is 6.61 Å². The first-order chi connectivity index (χ1) is 10.9. The maximum absolute atomic E-state index is 11.9. The molecule has 1 N–H and O–H groups in total. The lowest BCUT2D eigenvalue weighted by atomic mass is 10.0. The molecule has 0 radical (unpaired) electrons. The Morgan fingerprint density at radius 2 is 1.96 bits per heavy atom. The molecule has 23 heavy (non-hydrogen) atoms. The smallest absolute Gasteiger partial charge is 0.374 e. The Morgan fingerprint density at radius 3 is 2.57 bits per heavy atom. The minimum Gasteiger partial charge on any atom is -0.450 e. The second kappa shape index (κ2) is 7.46. The second-order valence-electron chi connectivity index (χ2n) is 5.31. The van der Waals surface area contributed by atoms with Crippen LogP contribution >= 0.6 is 15.9 Å². The van der Waals surface area contributed by atoms with Crippen LogP contribution in [0.2, 0.25) is 0 Å². The van der Waals surface area contributed by atoms with Gasteiger partial charge in [0.2, 0.25) is 5.76 Å². The summed E-state index contributed by atoms with van der Waals surface area (Å²) in [7, 11) is 0. The van der Waals surface area contributed by atoms with Crippen molar-refractivity contribution >= 4 is 27.8 Å². The third-order valence-electron chi connectivity index (χ3n) is 3.52. The van der Waals surface area contributed by atoms with Crippen LogP contribution in [-0.2, 0) is 9.53 Å². The van der Waals surface area contributed by atoms with E-state index < -0.39 is 5.97 Å². The summed E-state index contributed by atoms with van der Waals surface area (Å²) in [5, 5.41) is 2.80. The fourth-order valence-electron chi connectivity index (χ4n) is 2.03. The van der Waals surface area contributed by atoms with Crippen molar-refractivity contribution in [3.63, 3.8) is 0 Å². The number of rotatable bonds is 5. The number of carbonyl (C=O) groups is 2. The molecule has 1 aromatic heterocycles. The predicted octanol–water partition coefficient (Wildman–Crippen LogP) is 3.69. The number of halogens is 1. The standard InChI is InChI=1S/C17H18BrNO4/c1-10-4-5-13(8-11(10)2)12(3)19-16(20)9-22-17(21)14-6-7-15(18)23-14/h4-8,12H,9H2,1-3H3,(H,19,20)/t12-/m0/s1. The van der Waals surface area contributed by atoms with Gasteiger partial charge in [-0.1, -0.05) is 18.2 Å². The van der Waals surface area contributed by atoms with Gasteiger partial charge in [-0.2, -0.15) is 0 Å². The molecule has 0 unspecified atom stereocenters. The van der Waals surface area contributed by atoms with E-state index in [0.29, 0.717) is 4.67 Å². The third kappa shape index (κ3) is 4.69. The van der Waals surface area contributed by atoms with Gasteiger partial charge >= 0.3 is 5.97 Å². The summed E-state index contributed by atoms with van der Waals surface area (Å²) < 4.78 is 10.4. The van der Waals surface area contributed by atoms with E-state index in [1.807, 2.05) is 39.0 Å². The van der Waals surface area contributed by atoms with Crippen LogP contribution in [0, 0.1) is 13.8 Å². The van der Waals surface area contributed by atoms with Crippen LogP contribution in [0.1, 0.15) is 40.2 Å². The minimum absolute atomic E-state index is 0.0480. The molecule has 1 atom stereocenters. The average molecular weight is 380 g/mol. The molecule has 122 valence electrons. The summed E-state index contributed by atoms with van der Waals surface area (Å²) in [6.07, 6.45) is 0. The number of aryl methyl sites for hydroxylation is 2. The summed E-state index contributed by atoms with van der Waals surface area (Å²) >= 11 is 3.10. The normalized spacial score (nSPS) is 11.8. The SMILES string of the molecule is Cc1ccc([C@H](C)NC(=O)COC(=O)c2ccc(Br)o2)cc1C. The first kappa shape index (κ1) is 17.3. The molecule has 0 saturated carbocycles. The van der Waals surface area contributed by atoms with Gasteiger partial charge in [0, 0.05) is 0 Å². The lowest BCUT2D eigenvalue weighted by molar-refractivity contribution is -0.124. The highest BCUT2D eigenvalue weighted by molar-refractivity contribution is 9.10. The maximum Gasteiger partial charge on any atom is 0.374 e. The quantitative estimate of drug-likeness (QED) is 0.804. The molecule has 0 aliphatic carbocycles. The van der Waals surface area contributed by atoms with E-state index in [9.17, 15) is 9.59 Å². The van der Waals surface area contributed by atoms with E-state index in [1.54, 1.807) is 6.07 Å². The van der Waals surface area contributed by atoms with Gasteiger partial charge in [0.15, 0.2) is 11.3 Å². The summed E-state index contributed by atoms with van der Waals surface area (Å²) in [6.45, 7) is 5.59. The average Bonchev–Trinajstić information content (AvgIpc) is 2.94. The van der Waals surface area contributed by atoms with Crippen molar-refractivity contribution in [3.8, 4) is 0 Å². The molecular weight excluding hydrogens is 362 g/mol. The van der Waals surface area contributed by atoms with Crippen LogP contribution in [0.3, 0.4) is 0 Å². The summed E-state index contributed by atoms with van der Waals surface area (Å²) in [5.74, 6) is -0.994. The summed E-state index contributed by atoms with van der Waals surface area (Å²) in [5.41, 5.74) is 3.37. The zero-order valence-electron chi connectivity index (χ0n) is 13.2. The number of hydrogen-bond donors (Lipinski definition) is 1. The largest absolute Gasteiger partial charge is 0.450 e. The molecule has 0 saturated heterocycles. The lowest BCUT2D eigenvalue weighted by Gasteiger charge is -2.15. The molecule has 1 heterocycles. The highest BCUT2D eigenvalue weighted by atomic mass is 79.9. The van der Waals surface area contributed by atoms with E-state index in [2.05, 4.69) is 21.2 Å². The van der Waals surface area contributed by atoms with E-state index in [1.165, 1.54) is 17.2 Å². The van der Waals surface area contributed by atoms with Gasteiger partial charge in [-0.25, -0.2) is 4.79 Å². The molecule has 0 fully saturated rings. The predicted molar refractivity (Wildman–Crippen MR) is 89.2 cm³/mol. The number of benzene rings is 1. The first-order valence-corrected chi connectivity index (χ1v) is 7.95. The first-order valence-electron chi connectivity index (χ1n) is 7.16. The zero-order chi connectivity index (χ0) is 17.0. The van der Waals surface area contributed by atoms with Crippen molar-refractivity contribution < 1.29 is 18.7 Å². The maximum atomic E-state index is 11.9. The molecule has 6 heteroatoms. The van der Waals surface area contributed by atoms with Gasteiger partial charge in [0.1, 0.15) is 0 Å². The molecule has 2 rings (SSSR count). The highest BCUT2D eigenvalue weighted by Gasteiger charge is 2.15. The van der Waals surface area contributed by atoms with Crippen LogP contribution in [0.4, 0.5) is 0 Å². The Bertz CT molecular complexity index is 723.